The van der Waals surface area contributed by atoms with Gasteiger partial charge in [-0.3, -0.25) is 0 Å². The number of rotatable bonds is 5. The van der Waals surface area contributed by atoms with Gasteiger partial charge in [0, 0.05) is 18.2 Å². The second kappa shape index (κ2) is 8.00. The Morgan fingerprint density at radius 2 is 1.97 bits per heavy atom. The van der Waals surface area contributed by atoms with Crippen LogP contribution < -0.4 is 0 Å². The van der Waals surface area contributed by atoms with Crippen LogP contribution in [0.3, 0.4) is 0 Å². The molecule has 30 heavy (non-hydrogen) atoms. The third-order valence-corrected chi connectivity index (χ3v) is 6.44. The minimum Gasteiger partial charge on any atom is -0.385 e. The van der Waals surface area contributed by atoms with Crippen molar-refractivity contribution < 1.29 is 31.1 Å². The molecule has 160 valence electrons. The molecular formula is C21H19F4NO3S. The predicted octanol–water partition coefficient (Wildman–Crippen LogP) is 3.99. The van der Waals surface area contributed by atoms with Gasteiger partial charge in [-0.15, -0.1) is 0 Å². The fourth-order valence-corrected chi connectivity index (χ4v) is 4.83. The van der Waals surface area contributed by atoms with Gasteiger partial charge in [0.15, 0.2) is 16.0 Å². The number of nitriles is 1. The van der Waals surface area contributed by atoms with Crippen LogP contribution in [0.5, 0.6) is 0 Å². The first kappa shape index (κ1) is 22.2. The number of alkyl halides is 3. The number of halogens is 4. The van der Waals surface area contributed by atoms with Gasteiger partial charge in [-0.25, -0.2) is 26.0 Å². The zero-order valence-corrected chi connectivity index (χ0v) is 17.0. The minimum absolute atomic E-state index is 0.0296. The van der Waals surface area contributed by atoms with Crippen LogP contribution in [-0.2, 0) is 22.7 Å². The van der Waals surface area contributed by atoms with Gasteiger partial charge in [0.1, 0.15) is 24.3 Å². The lowest BCUT2D eigenvalue weighted by Gasteiger charge is -2.19. The van der Waals surface area contributed by atoms with E-state index < -0.39 is 40.3 Å². The molecule has 3 rings (SSSR count). The van der Waals surface area contributed by atoms with E-state index >= 15 is 0 Å². The second-order valence-electron chi connectivity index (χ2n) is 7.44. The van der Waals surface area contributed by atoms with E-state index in [2.05, 4.69) is 0 Å². The molecule has 1 N–H and O–H groups in total. The summed E-state index contributed by atoms with van der Waals surface area (Å²) in [5, 5.41) is 19.6. The highest BCUT2D eigenvalue weighted by Crippen LogP contribution is 2.41. The molecule has 0 aliphatic heterocycles. The average molecular weight is 441 g/mol. The number of aliphatic hydroxyl groups is 1. The fourth-order valence-electron chi connectivity index (χ4n) is 3.87. The number of nitrogens with zero attached hydrogens (tertiary/aromatic N) is 1. The average Bonchev–Trinajstić information content (AvgIpc) is 2.96. The summed E-state index contributed by atoms with van der Waals surface area (Å²) < 4.78 is 80.4. The molecule has 0 saturated carbocycles. The number of fused-ring (bicyclic) bond motifs is 1. The smallest absolute Gasteiger partial charge is 0.175 e. The van der Waals surface area contributed by atoms with Crippen molar-refractivity contribution >= 4 is 9.84 Å². The number of aliphatic hydroxyl groups excluding tert-OH is 1. The Morgan fingerprint density at radius 3 is 2.53 bits per heavy atom. The summed E-state index contributed by atoms with van der Waals surface area (Å²) in [4.78, 5) is -0.213. The van der Waals surface area contributed by atoms with Crippen LogP contribution in [0.25, 0.3) is 0 Å². The summed E-state index contributed by atoms with van der Waals surface area (Å²) in [6.07, 6.45) is -7.05. The molecule has 0 radical (unpaired) electrons. The molecular weight excluding hydrogens is 422 g/mol. The van der Waals surface area contributed by atoms with Crippen molar-refractivity contribution in [1.82, 2.24) is 0 Å². The van der Waals surface area contributed by atoms with Crippen molar-refractivity contribution in [2.45, 2.75) is 49.3 Å². The number of benzene rings is 2. The molecule has 0 amide bonds. The van der Waals surface area contributed by atoms with Gasteiger partial charge < -0.3 is 5.11 Å². The van der Waals surface area contributed by atoms with Crippen LogP contribution in [-0.4, -0.2) is 32.1 Å². The van der Waals surface area contributed by atoms with Crippen molar-refractivity contribution in [2.24, 2.45) is 0 Å². The summed E-state index contributed by atoms with van der Waals surface area (Å²) in [6.45, 7) is 0.966. The lowest BCUT2D eigenvalue weighted by atomic mass is 9.89. The van der Waals surface area contributed by atoms with Crippen LogP contribution in [0.1, 0.15) is 52.6 Å². The largest absolute Gasteiger partial charge is 0.385 e. The molecule has 0 saturated heterocycles. The van der Waals surface area contributed by atoms with Crippen LogP contribution >= 0.6 is 0 Å². The zero-order valence-electron chi connectivity index (χ0n) is 16.2. The highest BCUT2D eigenvalue weighted by atomic mass is 32.2. The Bertz CT molecular complexity index is 1140. The summed E-state index contributed by atoms with van der Waals surface area (Å²) in [5.74, 6) is -0.898. The normalized spacial score (nSPS) is 20.5. The fraction of sp³-hybridized carbons (Fsp3) is 0.381. The highest BCUT2D eigenvalue weighted by molar-refractivity contribution is 7.90. The maximum atomic E-state index is 14.5. The van der Waals surface area contributed by atoms with E-state index in [0.717, 1.165) is 25.3 Å². The Kier molecular flexibility index (Phi) is 5.94. The molecule has 0 heterocycles. The lowest BCUT2D eigenvalue weighted by Crippen LogP contribution is -2.12. The summed E-state index contributed by atoms with van der Waals surface area (Å²) in [6, 6.07) is 6.08. The maximum absolute atomic E-state index is 14.5. The van der Waals surface area contributed by atoms with Crippen LogP contribution in [0.15, 0.2) is 29.2 Å². The monoisotopic (exact) mass is 441 g/mol. The molecule has 2 aromatic carbocycles. The van der Waals surface area contributed by atoms with Crippen LogP contribution in [0.2, 0.25) is 0 Å². The molecule has 0 spiro atoms. The second-order valence-corrected chi connectivity index (χ2v) is 9.43. The van der Waals surface area contributed by atoms with E-state index in [1.54, 1.807) is 6.07 Å². The van der Waals surface area contributed by atoms with Gasteiger partial charge in [-0.2, -0.15) is 5.26 Å². The Hall–Kier alpha value is -2.44. The molecule has 0 fully saturated rings. The van der Waals surface area contributed by atoms with Crippen molar-refractivity contribution in [3.05, 3.63) is 63.5 Å². The molecule has 4 atom stereocenters. The summed E-state index contributed by atoms with van der Waals surface area (Å²) in [7, 11) is -3.76. The SMILES string of the molecule is CC(F)C(F)c1cc(F)cc(C#N)c1Cc1ccc(S(C)(=O)=O)c2c1CC(F)C2O. The van der Waals surface area contributed by atoms with Gasteiger partial charge in [-0.1, -0.05) is 6.07 Å². The lowest BCUT2D eigenvalue weighted by molar-refractivity contribution is 0.0907. The van der Waals surface area contributed by atoms with Crippen LogP contribution in [0, 0.1) is 17.1 Å². The predicted molar refractivity (Wildman–Crippen MR) is 101 cm³/mol. The topological polar surface area (TPSA) is 78.2 Å². The molecule has 4 nitrogen and oxygen atoms in total. The Labute approximate surface area is 171 Å². The first-order valence-corrected chi connectivity index (χ1v) is 11.0. The van der Waals surface area contributed by atoms with E-state index in [-0.39, 0.29) is 45.6 Å². The number of sulfone groups is 1. The highest BCUT2D eigenvalue weighted by Gasteiger charge is 2.37. The first-order chi connectivity index (χ1) is 14.0. The molecule has 0 bridgehead atoms. The van der Waals surface area contributed by atoms with Crippen molar-refractivity contribution in [3.63, 3.8) is 0 Å². The third kappa shape index (κ3) is 3.94. The standard InChI is InChI=1S/C21H19F4NO3S/c1-10(22)20(25)16-7-13(23)5-12(9-26)14(16)6-11-3-4-18(30(2,28)29)19-15(11)8-17(24)21(19)27/h3-5,7,10,17,20-21,27H,6,8H2,1-2H3. The molecule has 1 aliphatic rings. The Balaban J connectivity index is 2.21. The third-order valence-electron chi connectivity index (χ3n) is 5.29. The van der Waals surface area contributed by atoms with E-state index in [0.29, 0.717) is 5.56 Å². The molecule has 1 aliphatic carbocycles. The first-order valence-electron chi connectivity index (χ1n) is 9.13. The van der Waals surface area contributed by atoms with E-state index in [4.69, 9.17) is 0 Å². The molecule has 2 aromatic rings. The summed E-state index contributed by atoms with van der Waals surface area (Å²) >= 11 is 0. The van der Waals surface area contributed by atoms with Gasteiger partial charge in [0.05, 0.1) is 16.5 Å². The van der Waals surface area contributed by atoms with Gasteiger partial charge in [0.2, 0.25) is 0 Å². The van der Waals surface area contributed by atoms with Gasteiger partial charge in [0.25, 0.3) is 0 Å². The Morgan fingerprint density at radius 1 is 1.30 bits per heavy atom. The van der Waals surface area contributed by atoms with Crippen molar-refractivity contribution in [1.29, 1.82) is 5.26 Å². The van der Waals surface area contributed by atoms with Crippen molar-refractivity contribution in [2.75, 3.05) is 6.26 Å². The number of hydrogen-bond donors (Lipinski definition) is 1. The number of hydrogen-bond acceptors (Lipinski definition) is 4. The zero-order chi connectivity index (χ0) is 22.4. The van der Waals surface area contributed by atoms with Crippen LogP contribution in [0.4, 0.5) is 17.6 Å². The molecule has 9 heteroatoms. The van der Waals surface area contributed by atoms with Gasteiger partial charge >= 0.3 is 0 Å². The van der Waals surface area contributed by atoms with Gasteiger partial charge in [-0.05, 0) is 53.8 Å². The minimum atomic E-state index is -3.76. The summed E-state index contributed by atoms with van der Waals surface area (Å²) in [5.41, 5.74) is 0.00483. The van der Waals surface area contributed by atoms with E-state index in [9.17, 15) is 36.3 Å². The van der Waals surface area contributed by atoms with E-state index in [1.165, 1.54) is 12.1 Å². The quantitative estimate of drug-likeness (QED) is 0.712. The molecule has 0 aromatic heterocycles. The maximum Gasteiger partial charge on any atom is 0.175 e. The molecule has 4 unspecified atom stereocenters. The van der Waals surface area contributed by atoms with Crippen molar-refractivity contribution in [3.8, 4) is 6.07 Å². The van der Waals surface area contributed by atoms with E-state index in [1.807, 2.05) is 0 Å².